The highest BCUT2D eigenvalue weighted by Crippen LogP contribution is 2.49. The van der Waals surface area contributed by atoms with E-state index in [1.165, 1.54) is 0 Å². The standard InChI is InChI=1S/C19H25NO5/c1-4-8-25-14-7-5-6-13(9-14)10-16(17(21)22)20-19(18(23)24)11-15(19)12(2)3/h4-7,9,12,15-16,20H,1,8,10-11H2,2-3H3,(H,21,22)(H,23,24)/t15?,16-,19?/m0/s1. The summed E-state index contributed by atoms with van der Waals surface area (Å²) in [6, 6.07) is 6.16. The number of benzene rings is 1. The van der Waals surface area contributed by atoms with E-state index >= 15 is 0 Å². The average Bonchev–Trinajstić information content (AvgIpc) is 3.29. The maximum Gasteiger partial charge on any atom is 0.324 e. The molecule has 0 bridgehead atoms. The van der Waals surface area contributed by atoms with Gasteiger partial charge in [0.25, 0.3) is 0 Å². The molecule has 1 aromatic rings. The van der Waals surface area contributed by atoms with Crippen molar-refractivity contribution in [3.63, 3.8) is 0 Å². The quantitative estimate of drug-likeness (QED) is 0.562. The van der Waals surface area contributed by atoms with Gasteiger partial charge >= 0.3 is 11.9 Å². The predicted molar refractivity (Wildman–Crippen MR) is 93.7 cm³/mol. The van der Waals surface area contributed by atoms with E-state index in [1.54, 1.807) is 30.3 Å². The highest BCUT2D eigenvalue weighted by atomic mass is 16.5. The molecule has 1 saturated carbocycles. The molecule has 2 unspecified atom stereocenters. The first kappa shape index (κ1) is 19.0. The molecular formula is C19H25NO5. The second-order valence-electron chi connectivity index (χ2n) is 6.82. The van der Waals surface area contributed by atoms with Crippen molar-refractivity contribution in [1.82, 2.24) is 5.32 Å². The fourth-order valence-electron chi connectivity index (χ4n) is 3.23. The Morgan fingerprint density at radius 1 is 1.44 bits per heavy atom. The summed E-state index contributed by atoms with van der Waals surface area (Å²) in [5.41, 5.74) is -0.377. The molecule has 1 fully saturated rings. The van der Waals surface area contributed by atoms with Crippen molar-refractivity contribution < 1.29 is 24.5 Å². The summed E-state index contributed by atoms with van der Waals surface area (Å²) in [7, 11) is 0. The van der Waals surface area contributed by atoms with E-state index < -0.39 is 23.5 Å². The molecule has 1 aliphatic carbocycles. The number of hydrogen-bond donors (Lipinski definition) is 3. The molecule has 1 aliphatic rings. The zero-order valence-corrected chi connectivity index (χ0v) is 14.6. The minimum atomic E-state index is -1.14. The minimum absolute atomic E-state index is 0.0610. The van der Waals surface area contributed by atoms with E-state index in [1.807, 2.05) is 13.8 Å². The summed E-state index contributed by atoms with van der Waals surface area (Å²) < 4.78 is 5.46. The normalized spacial score (nSPS) is 23.1. The van der Waals surface area contributed by atoms with Crippen LogP contribution in [0.3, 0.4) is 0 Å². The van der Waals surface area contributed by atoms with Gasteiger partial charge in [-0.1, -0.05) is 38.6 Å². The molecule has 1 aromatic carbocycles. The first-order valence-electron chi connectivity index (χ1n) is 8.36. The Labute approximate surface area is 147 Å². The molecule has 0 heterocycles. The average molecular weight is 347 g/mol. The van der Waals surface area contributed by atoms with Crippen molar-refractivity contribution in [1.29, 1.82) is 0 Å². The van der Waals surface area contributed by atoms with E-state index in [0.717, 1.165) is 5.56 Å². The van der Waals surface area contributed by atoms with Gasteiger partial charge in [-0.15, -0.1) is 0 Å². The van der Waals surface area contributed by atoms with Gasteiger partial charge < -0.3 is 14.9 Å². The first-order chi connectivity index (χ1) is 11.8. The van der Waals surface area contributed by atoms with Crippen LogP contribution < -0.4 is 10.1 Å². The third kappa shape index (κ3) is 4.39. The fourth-order valence-corrected chi connectivity index (χ4v) is 3.23. The smallest absolute Gasteiger partial charge is 0.324 e. The first-order valence-corrected chi connectivity index (χ1v) is 8.36. The van der Waals surface area contributed by atoms with E-state index in [4.69, 9.17) is 4.74 Å². The van der Waals surface area contributed by atoms with Gasteiger partial charge in [0.05, 0.1) is 0 Å². The molecule has 0 saturated heterocycles. The number of nitrogens with one attached hydrogen (secondary N) is 1. The van der Waals surface area contributed by atoms with Crippen LogP contribution in [-0.4, -0.2) is 40.3 Å². The van der Waals surface area contributed by atoms with Crippen LogP contribution in [0.2, 0.25) is 0 Å². The number of carboxylic acid groups (broad SMARTS) is 2. The van der Waals surface area contributed by atoms with E-state index in [-0.39, 0.29) is 18.3 Å². The number of hydrogen-bond acceptors (Lipinski definition) is 4. The fraction of sp³-hybridized carbons (Fsp3) is 0.474. The van der Waals surface area contributed by atoms with Crippen LogP contribution >= 0.6 is 0 Å². The van der Waals surface area contributed by atoms with Gasteiger partial charge in [-0.2, -0.15) is 0 Å². The summed E-state index contributed by atoms with van der Waals surface area (Å²) in [5, 5.41) is 22.0. The number of carboxylic acids is 2. The van der Waals surface area contributed by atoms with E-state index in [2.05, 4.69) is 11.9 Å². The molecule has 25 heavy (non-hydrogen) atoms. The van der Waals surface area contributed by atoms with Crippen LogP contribution in [0.4, 0.5) is 0 Å². The number of carbonyl (C=O) groups is 2. The predicted octanol–water partition coefficient (Wildman–Crippen LogP) is 2.34. The highest BCUT2D eigenvalue weighted by molar-refractivity contribution is 5.85. The monoisotopic (exact) mass is 347 g/mol. The molecule has 0 amide bonds. The third-order valence-electron chi connectivity index (χ3n) is 4.64. The highest BCUT2D eigenvalue weighted by Gasteiger charge is 2.62. The van der Waals surface area contributed by atoms with Crippen molar-refractivity contribution in [2.24, 2.45) is 11.8 Å². The summed E-state index contributed by atoms with van der Waals surface area (Å²) in [4.78, 5) is 23.4. The molecule has 0 radical (unpaired) electrons. The second kappa shape index (κ2) is 7.70. The molecular weight excluding hydrogens is 322 g/mol. The molecule has 3 N–H and O–H groups in total. The van der Waals surface area contributed by atoms with Crippen molar-refractivity contribution in [3.8, 4) is 5.75 Å². The zero-order chi connectivity index (χ0) is 18.6. The maximum atomic E-state index is 11.7. The Bertz CT molecular complexity index is 657. The minimum Gasteiger partial charge on any atom is -0.490 e. The number of ether oxygens (including phenoxy) is 1. The van der Waals surface area contributed by atoms with Gasteiger partial charge in [0.15, 0.2) is 0 Å². The van der Waals surface area contributed by atoms with Crippen molar-refractivity contribution in [3.05, 3.63) is 42.5 Å². The summed E-state index contributed by atoms with van der Waals surface area (Å²) in [5.74, 6) is -1.31. The summed E-state index contributed by atoms with van der Waals surface area (Å²) >= 11 is 0. The van der Waals surface area contributed by atoms with Crippen molar-refractivity contribution in [2.45, 2.75) is 38.3 Å². The summed E-state index contributed by atoms with van der Waals surface area (Å²) in [6.45, 7) is 7.85. The van der Waals surface area contributed by atoms with Gasteiger partial charge in [0.1, 0.15) is 23.9 Å². The molecule has 136 valence electrons. The lowest BCUT2D eigenvalue weighted by Gasteiger charge is -2.22. The van der Waals surface area contributed by atoms with Crippen LogP contribution in [0.15, 0.2) is 36.9 Å². The van der Waals surface area contributed by atoms with Crippen LogP contribution in [0.5, 0.6) is 5.75 Å². The molecule has 0 aliphatic heterocycles. The van der Waals surface area contributed by atoms with Gasteiger partial charge in [0, 0.05) is 0 Å². The zero-order valence-electron chi connectivity index (χ0n) is 14.6. The number of aliphatic carboxylic acids is 2. The van der Waals surface area contributed by atoms with E-state index in [0.29, 0.717) is 18.8 Å². The largest absolute Gasteiger partial charge is 0.490 e. The van der Waals surface area contributed by atoms with Crippen LogP contribution in [0.25, 0.3) is 0 Å². The van der Waals surface area contributed by atoms with Crippen LogP contribution in [0.1, 0.15) is 25.8 Å². The lowest BCUT2D eigenvalue weighted by Crippen LogP contribution is -2.51. The SMILES string of the molecule is C=CCOc1cccc(C[C@H](NC2(C(=O)O)CC2C(C)C)C(=O)O)c1. The Balaban J connectivity index is 2.13. The Morgan fingerprint density at radius 3 is 2.68 bits per heavy atom. The van der Waals surface area contributed by atoms with Gasteiger partial charge in [-0.05, 0) is 42.4 Å². The maximum absolute atomic E-state index is 11.7. The topological polar surface area (TPSA) is 95.9 Å². The van der Waals surface area contributed by atoms with Gasteiger partial charge in [0.2, 0.25) is 0 Å². The lowest BCUT2D eigenvalue weighted by atomic mass is 10.0. The van der Waals surface area contributed by atoms with Crippen molar-refractivity contribution >= 4 is 11.9 Å². The second-order valence-corrected chi connectivity index (χ2v) is 6.82. The Morgan fingerprint density at radius 2 is 2.16 bits per heavy atom. The number of rotatable bonds is 10. The molecule has 3 atom stereocenters. The third-order valence-corrected chi connectivity index (χ3v) is 4.64. The Kier molecular flexibility index (Phi) is 5.85. The van der Waals surface area contributed by atoms with Crippen LogP contribution in [0, 0.1) is 11.8 Å². The molecule has 6 nitrogen and oxygen atoms in total. The molecule has 0 aromatic heterocycles. The Hall–Kier alpha value is -2.34. The molecule has 0 spiro atoms. The van der Waals surface area contributed by atoms with Crippen molar-refractivity contribution in [2.75, 3.05) is 6.61 Å². The van der Waals surface area contributed by atoms with Gasteiger partial charge in [-0.3, -0.25) is 14.9 Å². The molecule has 2 rings (SSSR count). The van der Waals surface area contributed by atoms with Crippen LogP contribution in [-0.2, 0) is 16.0 Å². The van der Waals surface area contributed by atoms with E-state index in [9.17, 15) is 19.8 Å². The summed E-state index contributed by atoms with van der Waals surface area (Å²) in [6.07, 6.45) is 2.26. The lowest BCUT2D eigenvalue weighted by molar-refractivity contribution is -0.144. The molecule has 6 heteroatoms. The van der Waals surface area contributed by atoms with Gasteiger partial charge in [-0.25, -0.2) is 0 Å².